The first kappa shape index (κ1) is 19.7. The number of carbonyl (C=O) groups excluding carboxylic acids is 1. The Morgan fingerprint density at radius 1 is 1.11 bits per heavy atom. The lowest BCUT2D eigenvalue weighted by Crippen LogP contribution is -2.43. The topological polar surface area (TPSA) is 66.5 Å². The van der Waals surface area contributed by atoms with Crippen molar-refractivity contribution in [2.24, 2.45) is 5.92 Å². The van der Waals surface area contributed by atoms with E-state index in [9.17, 15) is 22.0 Å². The zero-order valence-electron chi connectivity index (χ0n) is 14.2. The molecule has 0 radical (unpaired) electrons. The van der Waals surface area contributed by atoms with Crippen LogP contribution in [0, 0.1) is 17.6 Å². The molecular formula is C18H17ClF2N2O3S. The number of piperidine rings is 1. The standard InChI is InChI=1S/C18H17ClF2N2O3S/c19-13-3-6-15(7-4-13)27(25,26)23-9-1-2-12(11-23)18(24)22-14-5-8-16(20)17(21)10-14/h3-8,10,12H,1-2,9,11H2,(H,22,24)/t12-/m1/s1. The van der Waals surface area contributed by atoms with Gasteiger partial charge in [-0.15, -0.1) is 0 Å². The molecule has 1 N–H and O–H groups in total. The first-order chi connectivity index (χ1) is 12.8. The summed E-state index contributed by atoms with van der Waals surface area (Å²) in [5, 5.41) is 2.94. The minimum absolute atomic E-state index is 0.0144. The molecule has 1 aliphatic heterocycles. The number of amides is 1. The fourth-order valence-corrected chi connectivity index (χ4v) is 4.60. The SMILES string of the molecule is O=C(Nc1ccc(F)c(F)c1)[C@@H]1CCCN(S(=O)(=O)c2ccc(Cl)cc2)C1. The van der Waals surface area contributed by atoms with E-state index >= 15 is 0 Å². The number of carbonyl (C=O) groups is 1. The lowest BCUT2D eigenvalue weighted by molar-refractivity contribution is -0.120. The molecule has 144 valence electrons. The molecule has 1 atom stereocenters. The lowest BCUT2D eigenvalue weighted by atomic mass is 9.98. The molecule has 1 amide bonds. The maximum Gasteiger partial charge on any atom is 0.243 e. The van der Waals surface area contributed by atoms with Crippen LogP contribution in [0.15, 0.2) is 47.4 Å². The molecule has 0 saturated carbocycles. The average molecular weight is 415 g/mol. The van der Waals surface area contributed by atoms with Crippen LogP contribution in [0.5, 0.6) is 0 Å². The number of nitrogens with one attached hydrogen (secondary N) is 1. The minimum atomic E-state index is -3.75. The Balaban J connectivity index is 1.72. The van der Waals surface area contributed by atoms with Crippen LogP contribution < -0.4 is 5.32 Å². The van der Waals surface area contributed by atoms with Crippen LogP contribution in [0.2, 0.25) is 5.02 Å². The van der Waals surface area contributed by atoms with Crippen molar-refractivity contribution in [1.82, 2.24) is 4.31 Å². The summed E-state index contributed by atoms with van der Waals surface area (Å²) in [6.07, 6.45) is 1.02. The molecule has 1 aliphatic rings. The van der Waals surface area contributed by atoms with Gasteiger partial charge in [-0.25, -0.2) is 17.2 Å². The molecule has 1 heterocycles. The molecule has 27 heavy (non-hydrogen) atoms. The van der Waals surface area contributed by atoms with Crippen LogP contribution >= 0.6 is 11.6 Å². The van der Waals surface area contributed by atoms with Gasteiger partial charge < -0.3 is 5.32 Å². The van der Waals surface area contributed by atoms with Gasteiger partial charge in [0.25, 0.3) is 0 Å². The Hall–Kier alpha value is -2.03. The minimum Gasteiger partial charge on any atom is -0.326 e. The van der Waals surface area contributed by atoms with Crippen molar-refractivity contribution in [3.63, 3.8) is 0 Å². The quantitative estimate of drug-likeness (QED) is 0.830. The van der Waals surface area contributed by atoms with Crippen molar-refractivity contribution in [3.05, 3.63) is 59.1 Å². The summed E-state index contributed by atoms with van der Waals surface area (Å²) in [5.41, 5.74) is 0.122. The second kappa shape index (κ2) is 7.92. The van der Waals surface area contributed by atoms with Crippen molar-refractivity contribution in [3.8, 4) is 0 Å². The van der Waals surface area contributed by atoms with Crippen LogP contribution in [0.4, 0.5) is 14.5 Å². The Kier molecular flexibility index (Phi) is 5.78. The Morgan fingerprint density at radius 2 is 1.81 bits per heavy atom. The number of hydrogen-bond acceptors (Lipinski definition) is 3. The Bertz CT molecular complexity index is 952. The monoisotopic (exact) mass is 414 g/mol. The van der Waals surface area contributed by atoms with Crippen molar-refractivity contribution >= 4 is 33.2 Å². The van der Waals surface area contributed by atoms with Crippen molar-refractivity contribution in [2.45, 2.75) is 17.7 Å². The summed E-state index contributed by atoms with van der Waals surface area (Å²) < 4.78 is 53.1. The van der Waals surface area contributed by atoms with Crippen molar-refractivity contribution < 1.29 is 22.0 Å². The molecular weight excluding hydrogens is 398 g/mol. The van der Waals surface area contributed by atoms with Crippen LogP contribution in [0.1, 0.15) is 12.8 Å². The second-order valence-electron chi connectivity index (χ2n) is 6.27. The van der Waals surface area contributed by atoms with Gasteiger partial charge in [-0.05, 0) is 49.2 Å². The summed E-state index contributed by atoms with van der Waals surface area (Å²) in [7, 11) is -3.75. The smallest absolute Gasteiger partial charge is 0.243 e. The Morgan fingerprint density at radius 3 is 2.48 bits per heavy atom. The number of rotatable bonds is 4. The highest BCUT2D eigenvalue weighted by atomic mass is 35.5. The summed E-state index contributed by atoms with van der Waals surface area (Å²) >= 11 is 5.80. The maximum absolute atomic E-state index is 13.3. The van der Waals surface area contributed by atoms with Crippen molar-refractivity contribution in [2.75, 3.05) is 18.4 Å². The highest BCUT2D eigenvalue weighted by Gasteiger charge is 2.33. The second-order valence-corrected chi connectivity index (χ2v) is 8.65. The Labute approximate surface area is 161 Å². The molecule has 0 spiro atoms. The van der Waals surface area contributed by atoms with Gasteiger partial charge in [0.1, 0.15) is 0 Å². The van der Waals surface area contributed by atoms with E-state index in [0.29, 0.717) is 24.4 Å². The highest BCUT2D eigenvalue weighted by Crippen LogP contribution is 2.26. The van der Waals surface area contributed by atoms with Crippen LogP contribution in [0.3, 0.4) is 0 Å². The molecule has 2 aromatic rings. The third-order valence-electron chi connectivity index (χ3n) is 4.39. The fourth-order valence-electron chi connectivity index (χ4n) is 2.95. The average Bonchev–Trinajstić information content (AvgIpc) is 2.65. The van der Waals surface area contributed by atoms with Crippen LogP contribution in [-0.2, 0) is 14.8 Å². The number of sulfonamides is 1. The number of anilines is 1. The molecule has 1 saturated heterocycles. The van der Waals surface area contributed by atoms with E-state index in [2.05, 4.69) is 5.32 Å². The number of nitrogens with zero attached hydrogens (tertiary/aromatic N) is 1. The van der Waals surface area contributed by atoms with Gasteiger partial charge in [-0.1, -0.05) is 11.6 Å². The van der Waals surface area contributed by atoms with E-state index in [1.165, 1.54) is 34.6 Å². The highest BCUT2D eigenvalue weighted by molar-refractivity contribution is 7.89. The first-order valence-corrected chi connectivity index (χ1v) is 10.1. The van der Waals surface area contributed by atoms with Crippen molar-refractivity contribution in [1.29, 1.82) is 0 Å². The van der Waals surface area contributed by atoms with Gasteiger partial charge >= 0.3 is 0 Å². The van der Waals surface area contributed by atoms with E-state index in [1.54, 1.807) is 0 Å². The number of hydrogen-bond donors (Lipinski definition) is 1. The third-order valence-corrected chi connectivity index (χ3v) is 6.52. The van der Waals surface area contributed by atoms with Gasteiger partial charge in [0.05, 0.1) is 10.8 Å². The summed E-state index contributed by atoms with van der Waals surface area (Å²) in [4.78, 5) is 12.6. The molecule has 3 rings (SSSR count). The summed E-state index contributed by atoms with van der Waals surface area (Å²) in [5.74, 6) is -3.10. The fraction of sp³-hybridized carbons (Fsp3) is 0.278. The van der Waals surface area contributed by atoms with Gasteiger partial charge in [-0.2, -0.15) is 4.31 Å². The van der Waals surface area contributed by atoms with Crippen LogP contribution in [-0.4, -0.2) is 31.7 Å². The van der Waals surface area contributed by atoms with E-state index in [0.717, 1.165) is 12.1 Å². The molecule has 1 fully saturated rings. The van der Waals surface area contributed by atoms with Gasteiger partial charge in [0, 0.05) is 29.9 Å². The third kappa shape index (κ3) is 4.45. The van der Waals surface area contributed by atoms with E-state index in [-0.39, 0.29) is 17.1 Å². The number of benzene rings is 2. The zero-order chi connectivity index (χ0) is 19.6. The first-order valence-electron chi connectivity index (χ1n) is 8.29. The van der Waals surface area contributed by atoms with Gasteiger partial charge in [0.2, 0.25) is 15.9 Å². The van der Waals surface area contributed by atoms with Gasteiger partial charge in [0.15, 0.2) is 11.6 Å². The predicted octanol–water partition coefficient (Wildman–Crippen LogP) is 3.66. The largest absolute Gasteiger partial charge is 0.326 e. The summed E-state index contributed by atoms with van der Waals surface area (Å²) in [6, 6.07) is 8.88. The molecule has 0 aromatic heterocycles. The molecule has 0 aliphatic carbocycles. The molecule has 0 bridgehead atoms. The van der Waals surface area contributed by atoms with E-state index in [4.69, 9.17) is 11.6 Å². The van der Waals surface area contributed by atoms with E-state index in [1.807, 2.05) is 0 Å². The van der Waals surface area contributed by atoms with Crippen LogP contribution in [0.25, 0.3) is 0 Å². The lowest BCUT2D eigenvalue weighted by Gasteiger charge is -2.31. The van der Waals surface area contributed by atoms with E-state index < -0.39 is 33.5 Å². The molecule has 9 heteroatoms. The maximum atomic E-state index is 13.3. The number of halogens is 3. The summed E-state index contributed by atoms with van der Waals surface area (Å²) in [6.45, 7) is 0.320. The molecule has 0 unspecified atom stereocenters. The normalized spacial score (nSPS) is 18.3. The molecule has 2 aromatic carbocycles. The molecule has 5 nitrogen and oxygen atoms in total. The predicted molar refractivity (Wildman–Crippen MR) is 97.9 cm³/mol. The zero-order valence-corrected chi connectivity index (χ0v) is 15.7. The van der Waals surface area contributed by atoms with Gasteiger partial charge in [-0.3, -0.25) is 4.79 Å².